The van der Waals surface area contributed by atoms with Crippen LogP contribution >= 0.6 is 12.4 Å². The molecule has 0 aliphatic carbocycles. The molecule has 0 fully saturated rings. The van der Waals surface area contributed by atoms with Gasteiger partial charge in [-0.2, -0.15) is 0 Å². The summed E-state index contributed by atoms with van der Waals surface area (Å²) >= 11 is 0. The Hall–Kier alpha value is -1.37. The van der Waals surface area contributed by atoms with Gasteiger partial charge in [-0.05, 0) is 12.1 Å². The van der Waals surface area contributed by atoms with Crippen LogP contribution in [0.3, 0.4) is 0 Å². The number of aromatic hydroxyl groups is 1. The zero-order valence-electron chi connectivity index (χ0n) is 10.6. The average molecular weight is 294 g/mol. The summed E-state index contributed by atoms with van der Waals surface area (Å²) in [7, 11) is 0. The molecule has 5 nitrogen and oxygen atoms in total. The van der Waals surface area contributed by atoms with Gasteiger partial charge in [0, 0.05) is 23.6 Å². The van der Waals surface area contributed by atoms with E-state index in [-0.39, 0.29) is 24.6 Å². The van der Waals surface area contributed by atoms with Gasteiger partial charge in [0.25, 0.3) is 0 Å². The molecule has 1 aromatic carbocycles. The van der Waals surface area contributed by atoms with Crippen LogP contribution in [0.15, 0.2) is 12.1 Å². The molecule has 0 aliphatic rings. The van der Waals surface area contributed by atoms with Gasteiger partial charge in [-0.15, -0.1) is 12.4 Å². The number of carbonyl (C=O) groups is 1. The first-order valence-corrected chi connectivity index (χ1v) is 5.33. The van der Waals surface area contributed by atoms with E-state index in [0.717, 1.165) is 12.1 Å². The third-order valence-corrected chi connectivity index (χ3v) is 2.95. The summed E-state index contributed by atoms with van der Waals surface area (Å²) in [4.78, 5) is 10.9. The molecule has 0 saturated heterocycles. The van der Waals surface area contributed by atoms with Crippen LogP contribution in [0.2, 0.25) is 0 Å². The van der Waals surface area contributed by atoms with Gasteiger partial charge in [-0.1, -0.05) is 13.8 Å². The predicted molar refractivity (Wildman–Crippen MR) is 70.1 cm³/mol. The Balaban J connectivity index is 0.00000324. The van der Waals surface area contributed by atoms with Crippen molar-refractivity contribution in [3.8, 4) is 5.75 Å². The summed E-state index contributed by atoms with van der Waals surface area (Å²) in [6.07, 6.45) is 0. The number of hydrogen-bond acceptors (Lipinski definition) is 4. The number of benzene rings is 1. The first-order chi connectivity index (χ1) is 8.22. The Labute approximate surface area is 116 Å². The molecule has 0 bridgehead atoms. The van der Waals surface area contributed by atoms with Crippen molar-refractivity contribution in [1.29, 1.82) is 0 Å². The maximum atomic E-state index is 13.7. The minimum absolute atomic E-state index is 0. The summed E-state index contributed by atoms with van der Waals surface area (Å²) in [5.41, 5.74) is 4.19. The number of carboxylic acid groups (broad SMARTS) is 1. The average Bonchev–Trinajstić information content (AvgIpc) is 2.28. The second-order valence-electron chi connectivity index (χ2n) is 4.79. The zero-order chi connectivity index (χ0) is 14.1. The number of carboxylic acids is 1. The first kappa shape index (κ1) is 17.6. The lowest BCUT2D eigenvalue weighted by Gasteiger charge is -2.30. The van der Waals surface area contributed by atoms with Gasteiger partial charge >= 0.3 is 5.97 Å². The van der Waals surface area contributed by atoms with Crippen LogP contribution in [0.5, 0.6) is 5.75 Å². The lowest BCUT2D eigenvalue weighted by Crippen LogP contribution is -2.33. The highest BCUT2D eigenvalue weighted by molar-refractivity contribution is 5.91. The minimum Gasteiger partial charge on any atom is -0.507 e. The topological polar surface area (TPSA) is 104 Å². The van der Waals surface area contributed by atoms with Crippen LogP contribution in [-0.2, 0) is 0 Å². The van der Waals surface area contributed by atoms with Crippen molar-refractivity contribution < 1.29 is 24.5 Å². The molecule has 19 heavy (non-hydrogen) atoms. The fourth-order valence-electron chi connectivity index (χ4n) is 1.54. The maximum Gasteiger partial charge on any atom is 0.339 e. The number of phenols is 1. The SMILES string of the molecule is CC(C)(CO)[C@H](N)c1c(F)ccc(C(=O)O)c1O.Cl. The van der Waals surface area contributed by atoms with Crippen LogP contribution in [0.25, 0.3) is 0 Å². The molecule has 0 amide bonds. The monoisotopic (exact) mass is 293 g/mol. The van der Waals surface area contributed by atoms with Crippen LogP contribution in [0.4, 0.5) is 4.39 Å². The zero-order valence-corrected chi connectivity index (χ0v) is 11.4. The Kier molecular flexibility index (Phi) is 5.74. The Morgan fingerprint density at radius 2 is 2.00 bits per heavy atom. The van der Waals surface area contributed by atoms with E-state index in [1.165, 1.54) is 0 Å². The highest BCUT2D eigenvalue weighted by atomic mass is 35.5. The first-order valence-electron chi connectivity index (χ1n) is 5.33. The molecule has 1 rings (SSSR count). The molecule has 5 N–H and O–H groups in total. The molecule has 0 heterocycles. The molecular weight excluding hydrogens is 277 g/mol. The Bertz CT molecular complexity index is 479. The second kappa shape index (κ2) is 6.18. The standard InChI is InChI=1S/C12H16FNO4.ClH/c1-12(2,5-15)10(14)8-7(13)4-3-6(9(8)16)11(17)18;/h3-4,10,15-16H,5,14H2,1-2H3,(H,17,18);1H/t10-;/m1./s1. The van der Waals surface area contributed by atoms with E-state index in [1.54, 1.807) is 13.8 Å². The third-order valence-electron chi connectivity index (χ3n) is 2.95. The summed E-state index contributed by atoms with van der Waals surface area (Å²) in [5, 5.41) is 27.8. The van der Waals surface area contributed by atoms with E-state index in [9.17, 15) is 19.4 Å². The second-order valence-corrected chi connectivity index (χ2v) is 4.79. The minimum atomic E-state index is -1.37. The van der Waals surface area contributed by atoms with Crippen LogP contribution in [0.1, 0.15) is 35.8 Å². The van der Waals surface area contributed by atoms with Crippen molar-refractivity contribution in [2.24, 2.45) is 11.1 Å². The highest BCUT2D eigenvalue weighted by Gasteiger charge is 2.32. The lowest BCUT2D eigenvalue weighted by molar-refractivity contribution is 0.0693. The molecule has 1 aromatic rings. The van der Waals surface area contributed by atoms with Crippen molar-refractivity contribution in [1.82, 2.24) is 0 Å². The van der Waals surface area contributed by atoms with Crippen molar-refractivity contribution in [3.05, 3.63) is 29.1 Å². The van der Waals surface area contributed by atoms with E-state index < -0.39 is 34.6 Å². The van der Waals surface area contributed by atoms with Gasteiger partial charge in [0.05, 0.1) is 0 Å². The molecule has 0 spiro atoms. The van der Waals surface area contributed by atoms with Crippen LogP contribution < -0.4 is 5.73 Å². The van der Waals surface area contributed by atoms with E-state index in [1.807, 2.05) is 0 Å². The summed E-state index contributed by atoms with van der Waals surface area (Å²) < 4.78 is 13.7. The summed E-state index contributed by atoms with van der Waals surface area (Å²) in [6.45, 7) is 2.85. The van der Waals surface area contributed by atoms with Gasteiger partial charge in [0.15, 0.2) is 0 Å². The number of nitrogens with two attached hydrogens (primary N) is 1. The summed E-state index contributed by atoms with van der Waals surface area (Å²) in [5.74, 6) is -2.87. The number of hydrogen-bond donors (Lipinski definition) is 4. The lowest BCUT2D eigenvalue weighted by atomic mass is 9.81. The fraction of sp³-hybridized carbons (Fsp3) is 0.417. The summed E-state index contributed by atoms with van der Waals surface area (Å²) in [6, 6.07) is 0.878. The molecule has 1 atom stereocenters. The fourth-order valence-corrected chi connectivity index (χ4v) is 1.54. The number of aromatic carboxylic acids is 1. The van der Waals surface area contributed by atoms with Crippen molar-refractivity contribution in [2.75, 3.05) is 6.61 Å². The van der Waals surface area contributed by atoms with E-state index >= 15 is 0 Å². The van der Waals surface area contributed by atoms with Crippen LogP contribution in [-0.4, -0.2) is 27.9 Å². The van der Waals surface area contributed by atoms with Gasteiger partial charge in [0.2, 0.25) is 0 Å². The van der Waals surface area contributed by atoms with E-state index in [0.29, 0.717) is 0 Å². The van der Waals surface area contributed by atoms with Gasteiger partial charge in [0.1, 0.15) is 17.1 Å². The number of aliphatic hydroxyl groups is 1. The van der Waals surface area contributed by atoms with Crippen molar-refractivity contribution >= 4 is 18.4 Å². The van der Waals surface area contributed by atoms with Gasteiger partial charge < -0.3 is 21.1 Å². The molecular formula is C12H17ClFNO4. The van der Waals surface area contributed by atoms with Crippen molar-refractivity contribution in [2.45, 2.75) is 19.9 Å². The van der Waals surface area contributed by atoms with Crippen molar-refractivity contribution in [3.63, 3.8) is 0 Å². The van der Waals surface area contributed by atoms with Gasteiger partial charge in [-0.25, -0.2) is 9.18 Å². The maximum absolute atomic E-state index is 13.7. The third kappa shape index (κ3) is 3.34. The van der Waals surface area contributed by atoms with Gasteiger partial charge in [-0.3, -0.25) is 0 Å². The van der Waals surface area contributed by atoms with Crippen LogP contribution in [0, 0.1) is 11.2 Å². The predicted octanol–water partition coefficient (Wildman–Crippen LogP) is 1.67. The molecule has 0 saturated carbocycles. The smallest absolute Gasteiger partial charge is 0.339 e. The molecule has 108 valence electrons. The molecule has 7 heteroatoms. The molecule has 0 aromatic heterocycles. The Morgan fingerprint density at radius 3 is 2.42 bits per heavy atom. The number of aliphatic hydroxyl groups excluding tert-OH is 1. The largest absolute Gasteiger partial charge is 0.507 e. The number of halogens is 2. The highest BCUT2D eigenvalue weighted by Crippen LogP contribution is 2.38. The Morgan fingerprint density at radius 1 is 1.47 bits per heavy atom. The van der Waals surface area contributed by atoms with E-state index in [4.69, 9.17) is 10.8 Å². The number of rotatable bonds is 4. The molecule has 0 unspecified atom stereocenters. The quantitative estimate of drug-likeness (QED) is 0.676. The molecule has 0 radical (unpaired) electrons. The normalized spacial score (nSPS) is 12.7. The molecule has 0 aliphatic heterocycles. The van der Waals surface area contributed by atoms with E-state index in [2.05, 4.69) is 0 Å².